The average molecular weight is 355 g/mol. The van der Waals surface area contributed by atoms with Crippen LogP contribution in [-0.2, 0) is 9.59 Å². The number of H-pyrrole nitrogens is 1. The van der Waals surface area contributed by atoms with Crippen LogP contribution < -0.4 is 10.2 Å². The van der Waals surface area contributed by atoms with E-state index in [0.717, 1.165) is 21.5 Å². The Morgan fingerprint density at radius 1 is 1.36 bits per heavy atom. The number of benzene rings is 1. The van der Waals surface area contributed by atoms with Crippen molar-refractivity contribution in [3.63, 3.8) is 0 Å². The fourth-order valence-corrected chi connectivity index (χ4v) is 3.79. The molecular formula is C17H17N5O2S. The number of aryl methyl sites for hydroxylation is 2. The van der Waals surface area contributed by atoms with Crippen LogP contribution in [-0.4, -0.2) is 33.5 Å². The Morgan fingerprint density at radius 2 is 2.16 bits per heavy atom. The van der Waals surface area contributed by atoms with Crippen molar-refractivity contribution in [2.45, 2.75) is 20.3 Å². The minimum atomic E-state index is -0.410. The van der Waals surface area contributed by atoms with Gasteiger partial charge in [0.05, 0.1) is 17.1 Å². The number of hydrogen-bond acceptors (Lipinski definition) is 5. The molecule has 1 aliphatic heterocycles. The maximum atomic E-state index is 12.5. The number of amides is 2. The average Bonchev–Trinajstić information content (AvgIpc) is 3.25. The lowest BCUT2D eigenvalue weighted by atomic mass is 10.1. The highest BCUT2D eigenvalue weighted by Gasteiger charge is 2.37. The molecule has 0 saturated carbocycles. The van der Waals surface area contributed by atoms with Crippen LogP contribution in [0.2, 0.25) is 0 Å². The molecule has 2 N–H and O–H groups in total. The Balaban J connectivity index is 1.52. The van der Waals surface area contributed by atoms with E-state index in [2.05, 4.69) is 20.5 Å². The number of thiazole rings is 1. The first-order valence-corrected chi connectivity index (χ1v) is 8.83. The van der Waals surface area contributed by atoms with Crippen molar-refractivity contribution in [2.24, 2.45) is 5.92 Å². The molecule has 1 saturated heterocycles. The van der Waals surface area contributed by atoms with E-state index in [4.69, 9.17) is 0 Å². The van der Waals surface area contributed by atoms with Crippen molar-refractivity contribution in [3.8, 4) is 0 Å². The molecule has 3 aromatic rings. The van der Waals surface area contributed by atoms with Crippen molar-refractivity contribution in [2.75, 3.05) is 16.8 Å². The zero-order valence-corrected chi connectivity index (χ0v) is 14.7. The third kappa shape index (κ3) is 2.78. The van der Waals surface area contributed by atoms with E-state index in [1.54, 1.807) is 4.90 Å². The molecule has 1 aliphatic rings. The van der Waals surface area contributed by atoms with Crippen LogP contribution in [0.3, 0.4) is 0 Å². The molecule has 0 bridgehead atoms. The summed E-state index contributed by atoms with van der Waals surface area (Å²) in [5, 5.41) is 11.5. The van der Waals surface area contributed by atoms with E-state index in [9.17, 15) is 9.59 Å². The van der Waals surface area contributed by atoms with Gasteiger partial charge in [0.2, 0.25) is 11.8 Å². The highest BCUT2D eigenvalue weighted by Crippen LogP contribution is 2.30. The molecule has 1 aromatic carbocycles. The molecule has 128 valence electrons. The molecular weight excluding hydrogens is 338 g/mol. The Bertz CT molecular complexity index is 957. The summed E-state index contributed by atoms with van der Waals surface area (Å²) in [6.45, 7) is 4.19. The Labute approximate surface area is 148 Å². The van der Waals surface area contributed by atoms with Gasteiger partial charge >= 0.3 is 0 Å². The Kier molecular flexibility index (Phi) is 3.76. The quantitative estimate of drug-likeness (QED) is 0.755. The number of aromatic amines is 1. The number of fused-ring (bicyclic) bond motifs is 1. The van der Waals surface area contributed by atoms with Crippen molar-refractivity contribution in [1.29, 1.82) is 0 Å². The summed E-state index contributed by atoms with van der Waals surface area (Å²) in [7, 11) is 0. The molecule has 1 atom stereocenters. The van der Waals surface area contributed by atoms with Crippen LogP contribution in [0.1, 0.15) is 17.0 Å². The lowest BCUT2D eigenvalue weighted by Gasteiger charge is -2.13. The van der Waals surface area contributed by atoms with Crippen LogP contribution >= 0.6 is 11.3 Å². The van der Waals surface area contributed by atoms with E-state index in [0.29, 0.717) is 17.5 Å². The molecule has 2 amide bonds. The molecule has 0 unspecified atom stereocenters. The zero-order valence-electron chi connectivity index (χ0n) is 13.9. The molecule has 0 radical (unpaired) electrons. The number of aromatic nitrogens is 3. The van der Waals surface area contributed by atoms with E-state index >= 15 is 0 Å². The summed E-state index contributed by atoms with van der Waals surface area (Å²) in [5.41, 5.74) is 1.78. The second-order valence-electron chi connectivity index (χ2n) is 6.15. The summed E-state index contributed by atoms with van der Waals surface area (Å²) < 4.78 is 0. The number of rotatable bonds is 3. The van der Waals surface area contributed by atoms with Gasteiger partial charge in [-0.15, -0.1) is 11.3 Å². The summed E-state index contributed by atoms with van der Waals surface area (Å²) in [6, 6.07) is 7.63. The number of hydrogen-bond donors (Lipinski definition) is 2. The van der Waals surface area contributed by atoms with Gasteiger partial charge in [0.15, 0.2) is 10.9 Å². The number of para-hydroxylation sites is 1. The zero-order chi connectivity index (χ0) is 17.6. The fraction of sp³-hybridized carbons (Fsp3) is 0.294. The predicted octanol–water partition coefficient (Wildman–Crippen LogP) is 2.63. The van der Waals surface area contributed by atoms with Gasteiger partial charge in [0.25, 0.3) is 0 Å². The number of carbonyl (C=O) groups excluding carboxylic acids is 2. The molecule has 1 fully saturated rings. The molecule has 0 spiro atoms. The van der Waals surface area contributed by atoms with E-state index in [-0.39, 0.29) is 18.2 Å². The van der Waals surface area contributed by atoms with Crippen LogP contribution in [0.5, 0.6) is 0 Å². The summed E-state index contributed by atoms with van der Waals surface area (Å²) in [4.78, 5) is 31.9. The molecule has 25 heavy (non-hydrogen) atoms. The number of carbonyl (C=O) groups is 2. The maximum Gasteiger partial charge on any atom is 0.231 e. The second-order valence-corrected chi connectivity index (χ2v) is 7.35. The SMILES string of the molecule is Cc1nc(NC(=O)[C@@H]2CC(=O)N(c3n[nH]c4ccccc34)C2)sc1C. The Morgan fingerprint density at radius 3 is 2.92 bits per heavy atom. The first-order chi connectivity index (χ1) is 12.0. The van der Waals surface area contributed by atoms with Gasteiger partial charge in [-0.25, -0.2) is 4.98 Å². The summed E-state index contributed by atoms with van der Waals surface area (Å²) >= 11 is 1.44. The van der Waals surface area contributed by atoms with Crippen molar-refractivity contribution < 1.29 is 9.59 Å². The lowest BCUT2D eigenvalue weighted by molar-refractivity contribution is -0.122. The Hall–Kier alpha value is -2.74. The predicted molar refractivity (Wildman–Crippen MR) is 96.8 cm³/mol. The molecule has 3 heterocycles. The van der Waals surface area contributed by atoms with Crippen LogP contribution in [0.15, 0.2) is 24.3 Å². The number of nitrogens with zero attached hydrogens (tertiary/aromatic N) is 3. The van der Waals surface area contributed by atoms with Gasteiger partial charge < -0.3 is 5.32 Å². The van der Waals surface area contributed by atoms with Crippen LogP contribution in [0.25, 0.3) is 10.9 Å². The lowest BCUT2D eigenvalue weighted by Crippen LogP contribution is -2.28. The standard InChI is InChI=1S/C17H17N5O2S/c1-9-10(2)25-17(18-9)19-16(24)11-7-14(23)22(8-11)15-12-5-3-4-6-13(12)20-21-15/h3-6,11H,7-8H2,1-2H3,(H,20,21)(H,18,19,24)/t11-/m1/s1. The minimum absolute atomic E-state index is 0.0936. The van der Waals surface area contributed by atoms with Crippen LogP contribution in [0.4, 0.5) is 10.9 Å². The topological polar surface area (TPSA) is 91.0 Å². The van der Waals surface area contributed by atoms with Gasteiger partial charge in [0, 0.05) is 23.2 Å². The second kappa shape index (κ2) is 5.96. The fourth-order valence-electron chi connectivity index (χ4n) is 2.98. The van der Waals surface area contributed by atoms with Gasteiger partial charge in [-0.1, -0.05) is 12.1 Å². The van der Waals surface area contributed by atoms with Crippen molar-refractivity contribution in [3.05, 3.63) is 34.8 Å². The molecule has 7 nitrogen and oxygen atoms in total. The normalized spacial score (nSPS) is 17.4. The summed E-state index contributed by atoms with van der Waals surface area (Å²) in [5.74, 6) is -0.0994. The largest absolute Gasteiger partial charge is 0.302 e. The van der Waals surface area contributed by atoms with E-state index < -0.39 is 5.92 Å². The first-order valence-electron chi connectivity index (χ1n) is 8.01. The third-order valence-corrected chi connectivity index (χ3v) is 5.45. The minimum Gasteiger partial charge on any atom is -0.302 e. The first kappa shape index (κ1) is 15.8. The van der Waals surface area contributed by atoms with Crippen molar-refractivity contribution >= 4 is 45.0 Å². The van der Waals surface area contributed by atoms with E-state index in [1.807, 2.05) is 38.1 Å². The monoisotopic (exact) mass is 355 g/mol. The maximum absolute atomic E-state index is 12.5. The molecule has 0 aliphatic carbocycles. The van der Waals surface area contributed by atoms with E-state index in [1.165, 1.54) is 11.3 Å². The van der Waals surface area contributed by atoms with Gasteiger partial charge in [-0.3, -0.25) is 19.6 Å². The van der Waals surface area contributed by atoms with Gasteiger partial charge in [-0.05, 0) is 26.0 Å². The molecule has 2 aromatic heterocycles. The number of nitrogens with one attached hydrogen (secondary N) is 2. The van der Waals surface area contributed by atoms with Gasteiger partial charge in [0.1, 0.15) is 0 Å². The van der Waals surface area contributed by atoms with Crippen molar-refractivity contribution in [1.82, 2.24) is 15.2 Å². The highest BCUT2D eigenvalue weighted by atomic mass is 32.1. The summed E-state index contributed by atoms with van der Waals surface area (Å²) in [6.07, 6.45) is 0.177. The third-order valence-electron chi connectivity index (χ3n) is 4.46. The molecule has 4 rings (SSSR count). The number of anilines is 2. The highest BCUT2D eigenvalue weighted by molar-refractivity contribution is 7.15. The smallest absolute Gasteiger partial charge is 0.231 e. The van der Waals surface area contributed by atoms with Crippen LogP contribution in [0, 0.1) is 19.8 Å². The molecule has 8 heteroatoms. The van der Waals surface area contributed by atoms with Gasteiger partial charge in [-0.2, -0.15) is 5.10 Å².